The maximum Gasteiger partial charge on any atom is 0.123 e. The highest BCUT2D eigenvalue weighted by molar-refractivity contribution is 6.34. The summed E-state index contributed by atoms with van der Waals surface area (Å²) in [5.74, 6) is 0.429. The van der Waals surface area contributed by atoms with Crippen LogP contribution in [-0.4, -0.2) is 0 Å². The molecule has 0 heterocycles. The molecule has 0 radical (unpaired) electrons. The summed E-state index contributed by atoms with van der Waals surface area (Å²) in [7, 11) is 0. The van der Waals surface area contributed by atoms with Gasteiger partial charge in [-0.05, 0) is 60.6 Å². The topological polar surface area (TPSA) is 12.0 Å². The van der Waals surface area contributed by atoms with E-state index in [9.17, 15) is 4.39 Å². The molecular formula is C21H21ClFN. The molecule has 1 N–H and O–H groups in total. The second-order valence-corrected chi connectivity index (χ2v) is 6.86. The van der Waals surface area contributed by atoms with Gasteiger partial charge in [0.05, 0.1) is 10.7 Å². The van der Waals surface area contributed by atoms with E-state index < -0.39 is 0 Å². The summed E-state index contributed by atoms with van der Waals surface area (Å²) in [6.45, 7) is 10.6. The first kappa shape index (κ1) is 16.8. The van der Waals surface area contributed by atoms with Crippen LogP contribution in [0.1, 0.15) is 31.2 Å². The second kappa shape index (κ2) is 6.82. The fourth-order valence-corrected chi connectivity index (χ4v) is 3.55. The number of allylic oxidation sites excluding steroid dienone is 2. The summed E-state index contributed by atoms with van der Waals surface area (Å²) in [4.78, 5) is 0. The van der Waals surface area contributed by atoms with Crippen molar-refractivity contribution in [3.8, 4) is 0 Å². The molecule has 0 unspecified atom stereocenters. The summed E-state index contributed by atoms with van der Waals surface area (Å²) < 4.78 is 13.0. The molecule has 1 nitrogen and oxygen atoms in total. The molecule has 1 aliphatic rings. The zero-order valence-corrected chi connectivity index (χ0v) is 14.5. The van der Waals surface area contributed by atoms with Crippen LogP contribution >= 0.6 is 11.6 Å². The molecule has 124 valence electrons. The van der Waals surface area contributed by atoms with Crippen molar-refractivity contribution in [1.82, 2.24) is 0 Å². The van der Waals surface area contributed by atoms with E-state index in [1.54, 1.807) is 12.1 Å². The largest absolute Gasteiger partial charge is 0.354 e. The molecule has 1 saturated carbocycles. The molecule has 3 rings (SSSR count). The Kier molecular flexibility index (Phi) is 4.77. The lowest BCUT2D eigenvalue weighted by Crippen LogP contribution is -2.16. The van der Waals surface area contributed by atoms with Crippen molar-refractivity contribution in [1.29, 1.82) is 0 Å². The van der Waals surface area contributed by atoms with Crippen molar-refractivity contribution in [2.24, 2.45) is 5.92 Å². The van der Waals surface area contributed by atoms with Gasteiger partial charge >= 0.3 is 0 Å². The van der Waals surface area contributed by atoms with Crippen LogP contribution in [0.2, 0.25) is 5.02 Å². The third-order valence-corrected chi connectivity index (χ3v) is 5.26. The summed E-state index contributed by atoms with van der Waals surface area (Å²) in [5, 5.41) is 3.98. The molecular weight excluding hydrogens is 321 g/mol. The van der Waals surface area contributed by atoms with Gasteiger partial charge in [-0.25, -0.2) is 4.39 Å². The molecule has 0 bridgehead atoms. The van der Waals surface area contributed by atoms with Gasteiger partial charge in [-0.1, -0.05) is 55.0 Å². The minimum absolute atomic E-state index is 0.256. The molecule has 1 fully saturated rings. The Bertz CT molecular complexity index is 761. The standard InChI is InChI=1S/C21H21ClFN/c1-13-11-16(12-14(2)15(13)3)19-5-4-6-20(21(19)22)24-18-9-7-17(23)8-10-18/h4-10,15-16,24H,1-2,11-12H2,3H3. The highest BCUT2D eigenvalue weighted by Gasteiger charge is 2.27. The number of rotatable bonds is 3. The van der Waals surface area contributed by atoms with Crippen LogP contribution in [0.25, 0.3) is 0 Å². The van der Waals surface area contributed by atoms with Crippen molar-refractivity contribution in [2.45, 2.75) is 25.7 Å². The Balaban J connectivity index is 1.87. The maximum absolute atomic E-state index is 13.0. The highest BCUT2D eigenvalue weighted by Crippen LogP contribution is 2.44. The summed E-state index contributed by atoms with van der Waals surface area (Å²) >= 11 is 6.66. The Morgan fingerprint density at radius 2 is 1.67 bits per heavy atom. The lowest BCUT2D eigenvalue weighted by Gasteiger charge is -2.31. The number of benzene rings is 2. The Labute approximate surface area is 147 Å². The van der Waals surface area contributed by atoms with Crippen LogP contribution in [0.3, 0.4) is 0 Å². The molecule has 1 aliphatic carbocycles. The molecule has 0 atom stereocenters. The van der Waals surface area contributed by atoms with Crippen LogP contribution in [0.15, 0.2) is 66.8 Å². The van der Waals surface area contributed by atoms with Gasteiger partial charge in [-0.2, -0.15) is 0 Å². The minimum atomic E-state index is -0.256. The van der Waals surface area contributed by atoms with Gasteiger partial charge in [-0.15, -0.1) is 0 Å². The fourth-order valence-electron chi connectivity index (χ4n) is 3.22. The van der Waals surface area contributed by atoms with E-state index in [0.29, 0.717) is 16.9 Å². The average molecular weight is 342 g/mol. The van der Waals surface area contributed by atoms with Crippen molar-refractivity contribution >= 4 is 23.0 Å². The number of anilines is 2. The van der Waals surface area contributed by atoms with E-state index >= 15 is 0 Å². The van der Waals surface area contributed by atoms with Crippen LogP contribution in [-0.2, 0) is 0 Å². The number of nitrogens with one attached hydrogen (secondary N) is 1. The third-order valence-electron chi connectivity index (χ3n) is 4.83. The van der Waals surface area contributed by atoms with Gasteiger partial charge in [-0.3, -0.25) is 0 Å². The van der Waals surface area contributed by atoms with Crippen molar-refractivity contribution < 1.29 is 4.39 Å². The molecule has 0 aliphatic heterocycles. The van der Waals surface area contributed by atoms with Crippen molar-refractivity contribution in [3.05, 3.63) is 83.2 Å². The monoisotopic (exact) mass is 341 g/mol. The van der Waals surface area contributed by atoms with E-state index in [1.165, 1.54) is 23.3 Å². The molecule has 0 amide bonds. The summed E-state index contributed by atoms with van der Waals surface area (Å²) in [6, 6.07) is 12.3. The first-order valence-corrected chi connectivity index (χ1v) is 8.50. The maximum atomic E-state index is 13.0. The van der Waals surface area contributed by atoms with E-state index in [0.717, 1.165) is 29.8 Å². The zero-order chi connectivity index (χ0) is 17.3. The van der Waals surface area contributed by atoms with E-state index in [-0.39, 0.29) is 5.82 Å². The third kappa shape index (κ3) is 3.39. The fraction of sp³-hybridized carbons (Fsp3) is 0.238. The highest BCUT2D eigenvalue weighted by atomic mass is 35.5. The van der Waals surface area contributed by atoms with Crippen LogP contribution in [0.5, 0.6) is 0 Å². The van der Waals surface area contributed by atoms with Crippen molar-refractivity contribution in [3.63, 3.8) is 0 Å². The normalized spacial score (nSPS) is 21.0. The van der Waals surface area contributed by atoms with Gasteiger partial charge in [0.2, 0.25) is 0 Å². The SMILES string of the molecule is C=C1CC(c2cccc(Nc3ccc(F)cc3)c2Cl)CC(=C)C1C. The summed E-state index contributed by atoms with van der Waals surface area (Å²) in [5.41, 5.74) is 5.17. The first-order valence-electron chi connectivity index (χ1n) is 8.12. The number of hydrogen-bond acceptors (Lipinski definition) is 1. The second-order valence-electron chi connectivity index (χ2n) is 6.48. The van der Waals surface area contributed by atoms with Gasteiger partial charge in [0.1, 0.15) is 5.82 Å². The minimum Gasteiger partial charge on any atom is -0.354 e. The molecule has 3 heteroatoms. The number of halogens is 2. The Morgan fingerprint density at radius 1 is 1.04 bits per heavy atom. The Morgan fingerprint density at radius 3 is 2.29 bits per heavy atom. The predicted molar refractivity (Wildman–Crippen MR) is 101 cm³/mol. The van der Waals surface area contributed by atoms with Crippen LogP contribution < -0.4 is 5.32 Å². The zero-order valence-electron chi connectivity index (χ0n) is 13.8. The Hall–Kier alpha value is -2.06. The lowest BCUT2D eigenvalue weighted by molar-refractivity contribution is 0.542. The van der Waals surface area contributed by atoms with E-state index in [2.05, 4.69) is 31.5 Å². The van der Waals surface area contributed by atoms with E-state index in [1.807, 2.05) is 12.1 Å². The molecule has 0 saturated heterocycles. The summed E-state index contributed by atoms with van der Waals surface area (Å²) in [6.07, 6.45) is 1.86. The van der Waals surface area contributed by atoms with E-state index in [4.69, 9.17) is 11.6 Å². The lowest BCUT2D eigenvalue weighted by atomic mass is 9.74. The molecule has 24 heavy (non-hydrogen) atoms. The van der Waals surface area contributed by atoms with Gasteiger partial charge in [0.15, 0.2) is 0 Å². The van der Waals surface area contributed by atoms with Crippen LogP contribution in [0.4, 0.5) is 15.8 Å². The first-order chi connectivity index (χ1) is 11.5. The molecule has 0 aromatic heterocycles. The van der Waals surface area contributed by atoms with Gasteiger partial charge < -0.3 is 5.32 Å². The van der Waals surface area contributed by atoms with Gasteiger partial charge in [0.25, 0.3) is 0 Å². The smallest absolute Gasteiger partial charge is 0.123 e. The van der Waals surface area contributed by atoms with Crippen LogP contribution in [0, 0.1) is 11.7 Å². The number of hydrogen-bond donors (Lipinski definition) is 1. The quantitative estimate of drug-likeness (QED) is 0.602. The average Bonchev–Trinajstić information content (AvgIpc) is 2.56. The predicted octanol–water partition coefficient (Wildman–Crippen LogP) is 6.85. The molecule has 2 aromatic rings. The van der Waals surface area contributed by atoms with Crippen molar-refractivity contribution in [2.75, 3.05) is 5.32 Å². The van der Waals surface area contributed by atoms with Gasteiger partial charge in [0, 0.05) is 5.69 Å². The molecule has 2 aromatic carbocycles. The molecule has 0 spiro atoms.